The number of urea groups is 1. The fourth-order valence-electron chi connectivity index (χ4n) is 1.89. The Bertz CT molecular complexity index is 748. The normalized spacial score (nSPS) is 10.7. The third-order valence-corrected chi connectivity index (χ3v) is 3.71. The van der Waals surface area contributed by atoms with Crippen LogP contribution in [0.5, 0.6) is 0 Å². The summed E-state index contributed by atoms with van der Waals surface area (Å²) < 4.78 is 6.22. The van der Waals surface area contributed by atoms with E-state index in [9.17, 15) is 4.79 Å². The molecule has 2 heterocycles. The van der Waals surface area contributed by atoms with Gasteiger partial charge in [-0.15, -0.1) is 11.3 Å². The van der Waals surface area contributed by atoms with Crippen molar-refractivity contribution in [3.05, 3.63) is 47.2 Å². The van der Waals surface area contributed by atoms with Crippen molar-refractivity contribution in [3.63, 3.8) is 0 Å². The number of hydrogen-bond donors (Lipinski definition) is 2. The summed E-state index contributed by atoms with van der Waals surface area (Å²) in [4.78, 5) is 11.8. The number of aromatic nitrogens is 1. The molecule has 0 saturated heterocycles. The smallest absolute Gasteiger partial charge is 0.319 e. The van der Waals surface area contributed by atoms with E-state index in [0.717, 1.165) is 16.8 Å². The summed E-state index contributed by atoms with van der Waals surface area (Å²) in [6.45, 7) is 2.15. The number of nitrogens with zero attached hydrogens (tertiary/aromatic N) is 1. The van der Waals surface area contributed by atoms with E-state index < -0.39 is 0 Å². The maximum atomic E-state index is 11.8. The third kappa shape index (κ3) is 2.80. The Morgan fingerprint density at radius 2 is 2.25 bits per heavy atom. The molecular formula is C14H13N3O2S. The second-order valence-corrected chi connectivity index (χ2v) is 5.36. The molecule has 1 aromatic carbocycles. The van der Waals surface area contributed by atoms with Gasteiger partial charge in [0, 0.05) is 16.5 Å². The Balaban J connectivity index is 1.60. The van der Waals surface area contributed by atoms with Gasteiger partial charge in [-0.1, -0.05) is 5.16 Å². The molecule has 102 valence electrons. The summed E-state index contributed by atoms with van der Waals surface area (Å²) in [6.07, 6.45) is 0. The molecule has 0 radical (unpaired) electrons. The highest BCUT2D eigenvalue weighted by atomic mass is 32.1. The van der Waals surface area contributed by atoms with Crippen molar-refractivity contribution in [1.82, 2.24) is 10.5 Å². The molecule has 2 amide bonds. The first-order valence-corrected chi connectivity index (χ1v) is 7.03. The molecule has 0 spiro atoms. The Morgan fingerprint density at radius 3 is 3.05 bits per heavy atom. The minimum atomic E-state index is -0.270. The quantitative estimate of drug-likeness (QED) is 0.774. The number of fused-ring (bicyclic) bond motifs is 1. The second-order valence-electron chi connectivity index (χ2n) is 4.42. The van der Waals surface area contributed by atoms with E-state index in [1.165, 1.54) is 4.70 Å². The van der Waals surface area contributed by atoms with Crippen LogP contribution in [0.25, 0.3) is 10.1 Å². The lowest BCUT2D eigenvalue weighted by Gasteiger charge is -2.06. The SMILES string of the molecule is Cc1cc(CNC(=O)Nc2ccc3sccc3c2)on1. The average Bonchev–Trinajstić information content (AvgIpc) is 3.04. The molecule has 0 atom stereocenters. The van der Waals surface area contributed by atoms with E-state index in [2.05, 4.69) is 15.8 Å². The summed E-state index contributed by atoms with van der Waals surface area (Å²) in [5.74, 6) is 0.630. The van der Waals surface area contributed by atoms with Gasteiger partial charge in [-0.3, -0.25) is 0 Å². The van der Waals surface area contributed by atoms with E-state index in [-0.39, 0.29) is 6.03 Å². The molecular weight excluding hydrogens is 274 g/mol. The van der Waals surface area contributed by atoms with Crippen LogP contribution in [0, 0.1) is 6.92 Å². The summed E-state index contributed by atoms with van der Waals surface area (Å²) >= 11 is 1.68. The number of anilines is 1. The van der Waals surface area contributed by atoms with Gasteiger partial charge in [-0.25, -0.2) is 4.79 Å². The molecule has 0 bridgehead atoms. The average molecular weight is 287 g/mol. The molecule has 6 heteroatoms. The molecule has 0 saturated carbocycles. The lowest BCUT2D eigenvalue weighted by atomic mass is 10.2. The molecule has 20 heavy (non-hydrogen) atoms. The fraction of sp³-hybridized carbons (Fsp3) is 0.143. The van der Waals surface area contributed by atoms with Crippen molar-refractivity contribution in [2.45, 2.75) is 13.5 Å². The predicted octanol–water partition coefficient (Wildman–Crippen LogP) is 3.52. The van der Waals surface area contributed by atoms with Gasteiger partial charge in [0.2, 0.25) is 0 Å². The third-order valence-electron chi connectivity index (χ3n) is 2.81. The zero-order chi connectivity index (χ0) is 13.9. The van der Waals surface area contributed by atoms with E-state index >= 15 is 0 Å². The van der Waals surface area contributed by atoms with Crippen LogP contribution in [0.15, 0.2) is 40.2 Å². The van der Waals surface area contributed by atoms with Gasteiger partial charge in [-0.2, -0.15) is 0 Å². The molecule has 0 aliphatic heterocycles. The van der Waals surface area contributed by atoms with Crippen LogP contribution in [0.4, 0.5) is 10.5 Å². The summed E-state index contributed by atoms with van der Waals surface area (Å²) in [5, 5.41) is 12.4. The molecule has 0 aliphatic carbocycles. The van der Waals surface area contributed by atoms with E-state index in [4.69, 9.17) is 4.52 Å². The number of carbonyl (C=O) groups excluding carboxylic acids is 1. The predicted molar refractivity (Wildman–Crippen MR) is 78.9 cm³/mol. The van der Waals surface area contributed by atoms with Crippen LogP contribution in [0.2, 0.25) is 0 Å². The van der Waals surface area contributed by atoms with Crippen LogP contribution >= 0.6 is 11.3 Å². The van der Waals surface area contributed by atoms with Crippen LogP contribution < -0.4 is 10.6 Å². The lowest BCUT2D eigenvalue weighted by Crippen LogP contribution is -2.27. The Labute approximate surface area is 119 Å². The highest BCUT2D eigenvalue weighted by molar-refractivity contribution is 7.17. The monoisotopic (exact) mass is 287 g/mol. The van der Waals surface area contributed by atoms with Crippen molar-refractivity contribution in [2.75, 3.05) is 5.32 Å². The van der Waals surface area contributed by atoms with E-state index in [1.54, 1.807) is 17.4 Å². The molecule has 0 unspecified atom stereocenters. The van der Waals surface area contributed by atoms with Gasteiger partial charge in [0.05, 0.1) is 12.2 Å². The van der Waals surface area contributed by atoms with Gasteiger partial charge >= 0.3 is 6.03 Å². The summed E-state index contributed by atoms with van der Waals surface area (Å²) in [5.41, 5.74) is 1.56. The molecule has 0 fully saturated rings. The van der Waals surface area contributed by atoms with Gasteiger partial charge in [0.25, 0.3) is 0 Å². The van der Waals surface area contributed by atoms with E-state index in [1.807, 2.05) is 36.6 Å². The number of nitrogens with one attached hydrogen (secondary N) is 2. The summed E-state index contributed by atoms with van der Waals surface area (Å²) in [6, 6.07) is 9.38. The Kier molecular flexibility index (Phi) is 3.39. The number of carbonyl (C=O) groups is 1. The molecule has 5 nitrogen and oxygen atoms in total. The zero-order valence-corrected chi connectivity index (χ0v) is 11.7. The van der Waals surface area contributed by atoms with Gasteiger partial charge in [0.1, 0.15) is 0 Å². The Hall–Kier alpha value is -2.34. The number of amides is 2. The maximum absolute atomic E-state index is 11.8. The number of thiophene rings is 1. The molecule has 3 rings (SSSR count). The first-order chi connectivity index (χ1) is 9.70. The van der Waals surface area contributed by atoms with Crippen LogP contribution in [0.1, 0.15) is 11.5 Å². The molecule has 2 aromatic heterocycles. The van der Waals surface area contributed by atoms with Gasteiger partial charge < -0.3 is 15.2 Å². The van der Waals surface area contributed by atoms with Crippen LogP contribution in [-0.4, -0.2) is 11.2 Å². The van der Waals surface area contributed by atoms with Crippen molar-refractivity contribution < 1.29 is 9.32 Å². The Morgan fingerprint density at radius 1 is 1.35 bits per heavy atom. The first kappa shape index (κ1) is 12.7. The standard InChI is InChI=1S/C14H13N3O2S/c1-9-6-12(19-17-9)8-15-14(18)16-11-2-3-13-10(7-11)4-5-20-13/h2-7H,8H2,1H3,(H2,15,16,18). The van der Waals surface area contributed by atoms with Crippen molar-refractivity contribution in [3.8, 4) is 0 Å². The number of aryl methyl sites for hydroxylation is 1. The second kappa shape index (κ2) is 5.34. The molecule has 2 N–H and O–H groups in total. The number of benzene rings is 1. The molecule has 0 aliphatic rings. The maximum Gasteiger partial charge on any atom is 0.319 e. The minimum absolute atomic E-state index is 0.270. The van der Waals surface area contributed by atoms with Crippen molar-refractivity contribution in [1.29, 1.82) is 0 Å². The zero-order valence-electron chi connectivity index (χ0n) is 10.8. The highest BCUT2D eigenvalue weighted by Crippen LogP contribution is 2.23. The lowest BCUT2D eigenvalue weighted by molar-refractivity contribution is 0.250. The van der Waals surface area contributed by atoms with Crippen molar-refractivity contribution in [2.24, 2.45) is 0 Å². The topological polar surface area (TPSA) is 67.2 Å². The number of hydrogen-bond acceptors (Lipinski definition) is 4. The number of rotatable bonds is 3. The van der Waals surface area contributed by atoms with E-state index in [0.29, 0.717) is 12.3 Å². The first-order valence-electron chi connectivity index (χ1n) is 6.15. The minimum Gasteiger partial charge on any atom is -0.359 e. The molecule has 3 aromatic rings. The van der Waals surface area contributed by atoms with Crippen molar-refractivity contribution >= 4 is 33.1 Å². The van der Waals surface area contributed by atoms with Gasteiger partial charge in [0.15, 0.2) is 5.76 Å². The van der Waals surface area contributed by atoms with Crippen LogP contribution in [-0.2, 0) is 6.54 Å². The van der Waals surface area contributed by atoms with Crippen LogP contribution in [0.3, 0.4) is 0 Å². The largest absolute Gasteiger partial charge is 0.359 e. The fourth-order valence-corrected chi connectivity index (χ4v) is 2.66. The van der Waals surface area contributed by atoms with Gasteiger partial charge in [-0.05, 0) is 42.0 Å². The summed E-state index contributed by atoms with van der Waals surface area (Å²) in [7, 11) is 0. The highest BCUT2D eigenvalue weighted by Gasteiger charge is 2.05.